The third-order valence-electron chi connectivity index (χ3n) is 12.3. The maximum Gasteiger partial charge on any atom is 0.425 e. The molecule has 4 amide bonds. The summed E-state index contributed by atoms with van der Waals surface area (Å²) in [5.41, 5.74) is 11.0. The quantitative estimate of drug-likeness (QED) is 0.104. The number of carbonyl (C=O) groups excluding carboxylic acids is 4. The Morgan fingerprint density at radius 1 is 0.586 bits per heavy atom. The van der Waals surface area contributed by atoms with Crippen LogP contribution in [0.1, 0.15) is 64.0 Å². The fourth-order valence-electron chi connectivity index (χ4n) is 9.54. The normalized spacial score (nSPS) is 25.0. The van der Waals surface area contributed by atoms with Crippen LogP contribution >= 0.6 is 0 Å². The molecule has 2 fully saturated rings. The van der Waals surface area contributed by atoms with Crippen LogP contribution < -0.4 is 10.9 Å². The second kappa shape index (κ2) is 15.6. The first-order valence-electron chi connectivity index (χ1n) is 20.0. The highest BCUT2D eigenvalue weighted by Gasteiger charge is 2.53. The smallest absolute Gasteiger partial charge is 0.425 e. The van der Waals surface area contributed by atoms with Gasteiger partial charge in [-0.2, -0.15) is 0 Å². The van der Waals surface area contributed by atoms with E-state index in [0.29, 0.717) is 0 Å². The summed E-state index contributed by atoms with van der Waals surface area (Å²) in [6.45, 7) is 7.44. The number of aromatic nitrogens is 4. The minimum atomic E-state index is -0.677. The number of nitrogens with one attached hydrogen (secondary N) is 4. The summed E-state index contributed by atoms with van der Waals surface area (Å²) in [6.07, 6.45) is 12.6. The van der Waals surface area contributed by atoms with Crippen LogP contribution in [0.4, 0.5) is 9.59 Å². The molecule has 302 valence electrons. The Morgan fingerprint density at radius 2 is 0.931 bits per heavy atom. The number of benzene rings is 2. The lowest BCUT2D eigenvalue weighted by molar-refractivity contribution is -0.142. The lowest BCUT2D eigenvalue weighted by Gasteiger charge is -2.33. The molecule has 2 heterocycles. The van der Waals surface area contributed by atoms with Crippen molar-refractivity contribution in [2.45, 2.75) is 64.5 Å². The summed E-state index contributed by atoms with van der Waals surface area (Å²) in [4.78, 5) is 68.5. The number of aromatic amines is 2. The zero-order valence-corrected chi connectivity index (χ0v) is 33.5. The van der Waals surface area contributed by atoms with E-state index in [2.05, 4.69) is 93.7 Å². The molecule has 0 saturated heterocycles. The molecule has 4 aromatic rings. The molecule has 4 N–H and O–H groups in total. The van der Waals surface area contributed by atoms with Crippen molar-refractivity contribution in [1.29, 1.82) is 0 Å². The van der Waals surface area contributed by atoms with Gasteiger partial charge in [0.25, 0.3) is 0 Å². The number of hydrogen-bond donors (Lipinski definition) is 4. The van der Waals surface area contributed by atoms with Crippen molar-refractivity contribution in [3.63, 3.8) is 0 Å². The number of allylic oxidation sites excluding steroid dienone is 4. The number of hydrogen-bond acceptors (Lipinski definition) is 8. The molecule has 2 aromatic carbocycles. The van der Waals surface area contributed by atoms with Gasteiger partial charge in [0.2, 0.25) is 11.8 Å². The summed E-state index contributed by atoms with van der Waals surface area (Å²) in [7, 11) is 2.56. The van der Waals surface area contributed by atoms with E-state index >= 15 is 0 Å². The number of hydrazine groups is 2. The predicted molar refractivity (Wildman–Crippen MR) is 216 cm³/mol. The highest BCUT2D eigenvalue weighted by atomic mass is 16.5. The van der Waals surface area contributed by atoms with Gasteiger partial charge < -0.3 is 19.4 Å². The van der Waals surface area contributed by atoms with Gasteiger partial charge in [0, 0.05) is 23.9 Å². The number of H-pyrrole nitrogens is 2. The van der Waals surface area contributed by atoms with Crippen LogP contribution in [0.5, 0.6) is 0 Å². The minimum Gasteiger partial charge on any atom is -0.452 e. The molecule has 0 radical (unpaired) electrons. The fourth-order valence-corrected chi connectivity index (χ4v) is 9.54. The van der Waals surface area contributed by atoms with Gasteiger partial charge in [-0.05, 0) is 86.5 Å². The van der Waals surface area contributed by atoms with Crippen LogP contribution in [0, 0.1) is 35.5 Å². The minimum absolute atomic E-state index is 0.0693. The van der Waals surface area contributed by atoms with Gasteiger partial charge in [0.15, 0.2) is 0 Å². The molecular weight excluding hydrogens is 737 g/mol. The molecule has 8 atom stereocenters. The largest absolute Gasteiger partial charge is 0.452 e. The molecule has 0 aliphatic heterocycles. The zero-order valence-electron chi connectivity index (χ0n) is 33.5. The number of fused-ring (bicyclic) bond motifs is 4. The van der Waals surface area contributed by atoms with E-state index in [1.165, 1.54) is 24.2 Å². The number of amides is 4. The summed E-state index contributed by atoms with van der Waals surface area (Å²) in [6, 6.07) is 16.1. The Balaban J connectivity index is 0.955. The first-order chi connectivity index (χ1) is 27.9. The molecule has 58 heavy (non-hydrogen) atoms. The van der Waals surface area contributed by atoms with Crippen molar-refractivity contribution in [1.82, 2.24) is 40.8 Å². The van der Waals surface area contributed by atoms with Crippen LogP contribution in [0.15, 0.2) is 85.2 Å². The highest BCUT2D eigenvalue weighted by molar-refractivity contribution is 5.85. The van der Waals surface area contributed by atoms with E-state index in [9.17, 15) is 19.2 Å². The Morgan fingerprint density at radius 3 is 1.28 bits per heavy atom. The Labute approximate surface area is 337 Å². The van der Waals surface area contributed by atoms with Crippen molar-refractivity contribution in [3.8, 4) is 33.6 Å². The first kappa shape index (κ1) is 38.7. The Bertz CT molecular complexity index is 2080. The second-order valence-corrected chi connectivity index (χ2v) is 16.3. The van der Waals surface area contributed by atoms with Gasteiger partial charge in [0.1, 0.15) is 11.6 Å². The van der Waals surface area contributed by atoms with E-state index in [0.717, 1.165) is 58.1 Å². The van der Waals surface area contributed by atoms with Crippen LogP contribution in [0.25, 0.3) is 33.6 Å². The van der Waals surface area contributed by atoms with Gasteiger partial charge in [-0.1, -0.05) is 72.8 Å². The molecule has 8 rings (SSSR count). The fraction of sp³-hybridized carbons (Fsp3) is 0.409. The third-order valence-corrected chi connectivity index (χ3v) is 12.3. The molecule has 4 bridgehead atoms. The van der Waals surface area contributed by atoms with Crippen molar-refractivity contribution < 1.29 is 28.7 Å². The van der Waals surface area contributed by atoms with Crippen molar-refractivity contribution in [2.24, 2.45) is 35.5 Å². The number of imidazole rings is 2. The number of rotatable bonds is 9. The SMILES string of the molecule is COC(=O)NN(C(=O)C1C2C=CC(C2)C1c1ncc(-c2ccc(-c3ccc(-c4cnc([C@H]5C6C=CC(C6)C5C(=O)N(NC(=O)OC)C(C)C)[nH]4)cc3)cc2)[nH]1)C(C)C. The predicted octanol–water partition coefficient (Wildman–Crippen LogP) is 6.96. The summed E-state index contributed by atoms with van der Waals surface area (Å²) in [5, 5.41) is 2.76. The van der Waals surface area contributed by atoms with E-state index in [1.807, 2.05) is 40.1 Å². The second-order valence-electron chi connectivity index (χ2n) is 16.3. The van der Waals surface area contributed by atoms with Crippen LogP contribution in [0.3, 0.4) is 0 Å². The molecule has 14 nitrogen and oxygen atoms in total. The maximum atomic E-state index is 13.9. The number of ether oxygens (including phenoxy) is 2. The molecule has 2 saturated carbocycles. The van der Waals surface area contributed by atoms with E-state index in [4.69, 9.17) is 19.4 Å². The zero-order chi connectivity index (χ0) is 40.8. The van der Waals surface area contributed by atoms with Crippen LogP contribution in [0.2, 0.25) is 0 Å². The lowest BCUT2D eigenvalue weighted by atomic mass is 9.81. The average Bonchev–Trinajstić information content (AvgIpc) is 4.10. The lowest BCUT2D eigenvalue weighted by Crippen LogP contribution is -2.53. The van der Waals surface area contributed by atoms with Gasteiger partial charge in [-0.3, -0.25) is 9.59 Å². The Hall–Kier alpha value is -6.18. The molecular formula is C44H50N8O6. The van der Waals surface area contributed by atoms with Crippen molar-refractivity contribution in [3.05, 3.63) is 96.9 Å². The molecule has 0 spiro atoms. The van der Waals surface area contributed by atoms with Crippen molar-refractivity contribution in [2.75, 3.05) is 14.2 Å². The van der Waals surface area contributed by atoms with Gasteiger partial charge in [-0.25, -0.2) is 40.4 Å². The standard InChI is InChI=1S/C44H50N8O6/c1-23(2)51(49-43(55)57-5)41(53)37-31-17-15-29(19-31)35(37)39-45-21-33(47-39)27-11-7-25(8-12-27)26-9-13-28(14-10-26)34-22-46-40(48-34)36-30-16-18-32(20-30)38(36)42(54)52(24(3)4)50-44(56)58-6/h7-18,21-24,29-32,35-38H,19-20H2,1-6H3,(H,45,47)(H,46,48)(H,49,55)(H,50,56)/t29?,30?,31?,32?,35-,36?,37?,38?/m0/s1. The number of nitrogens with zero attached hydrogens (tertiary/aromatic N) is 4. The molecule has 14 heteroatoms. The van der Waals surface area contributed by atoms with E-state index in [-0.39, 0.29) is 71.2 Å². The monoisotopic (exact) mass is 786 g/mol. The van der Waals surface area contributed by atoms with Crippen molar-refractivity contribution >= 4 is 24.0 Å². The van der Waals surface area contributed by atoms with Crippen LogP contribution in [-0.4, -0.2) is 80.3 Å². The molecule has 4 aliphatic carbocycles. The number of carbonyl (C=O) groups is 4. The summed E-state index contributed by atoms with van der Waals surface area (Å²) >= 11 is 0. The van der Waals surface area contributed by atoms with Gasteiger partial charge in [-0.15, -0.1) is 0 Å². The molecule has 2 aromatic heterocycles. The molecule has 7 unspecified atom stereocenters. The summed E-state index contributed by atoms with van der Waals surface area (Å²) < 4.78 is 9.56. The third kappa shape index (κ3) is 7.05. The van der Waals surface area contributed by atoms with Gasteiger partial charge >= 0.3 is 12.2 Å². The number of methoxy groups -OCH3 is 2. The summed E-state index contributed by atoms with van der Waals surface area (Å²) in [5.74, 6) is 0.733. The van der Waals surface area contributed by atoms with E-state index in [1.54, 1.807) is 0 Å². The Kier molecular flexibility index (Phi) is 10.4. The molecule has 4 aliphatic rings. The topological polar surface area (TPSA) is 175 Å². The van der Waals surface area contributed by atoms with Gasteiger partial charge in [0.05, 0.1) is 49.8 Å². The van der Waals surface area contributed by atoms with E-state index < -0.39 is 12.2 Å². The maximum absolute atomic E-state index is 13.9. The average molecular weight is 787 g/mol. The first-order valence-corrected chi connectivity index (χ1v) is 20.0. The highest BCUT2D eigenvalue weighted by Crippen LogP contribution is 2.54. The van der Waals surface area contributed by atoms with Crippen LogP contribution in [-0.2, 0) is 19.1 Å².